The number of rotatable bonds is 6. The average molecular weight is 470 g/mol. The molecule has 0 bridgehead atoms. The minimum atomic E-state index is -1.28. The number of methoxy groups -OCH3 is 1. The summed E-state index contributed by atoms with van der Waals surface area (Å²) < 4.78 is 21.0. The molecule has 0 saturated carbocycles. The molecule has 1 aliphatic rings. The first-order valence-corrected chi connectivity index (χ1v) is 10.7. The molecule has 1 amide bonds. The number of amides is 1. The number of benzene rings is 1. The van der Waals surface area contributed by atoms with Gasteiger partial charge in [0.05, 0.1) is 19.1 Å². The summed E-state index contributed by atoms with van der Waals surface area (Å²) in [5.41, 5.74) is 0.678. The van der Waals surface area contributed by atoms with E-state index in [1.165, 1.54) is 19.4 Å². The SMILES string of the molecule is COc1ccnc(C(=O)N[C@H]2COC(=O)[C@H](Cc3ccccc3)C[C@H](C)OC2=O)c1OC(C)=O. The number of esters is 3. The van der Waals surface area contributed by atoms with Crippen LogP contribution in [0.3, 0.4) is 0 Å². The van der Waals surface area contributed by atoms with E-state index in [1.807, 2.05) is 30.3 Å². The second-order valence-electron chi connectivity index (χ2n) is 7.81. The topological polar surface area (TPSA) is 130 Å². The van der Waals surface area contributed by atoms with E-state index in [4.69, 9.17) is 18.9 Å². The van der Waals surface area contributed by atoms with Gasteiger partial charge >= 0.3 is 17.9 Å². The number of carbonyl (C=O) groups excluding carboxylic acids is 4. The van der Waals surface area contributed by atoms with Crippen LogP contribution >= 0.6 is 0 Å². The second kappa shape index (κ2) is 11.3. The molecule has 0 radical (unpaired) electrons. The minimum absolute atomic E-state index is 0.108. The van der Waals surface area contributed by atoms with Crippen LogP contribution in [-0.4, -0.2) is 54.7 Å². The molecule has 3 rings (SSSR count). The number of ether oxygens (including phenoxy) is 4. The van der Waals surface area contributed by atoms with Crippen molar-refractivity contribution in [1.29, 1.82) is 0 Å². The maximum atomic E-state index is 12.9. The molecule has 2 heterocycles. The lowest BCUT2D eigenvalue weighted by atomic mass is 9.94. The Labute approximate surface area is 196 Å². The third kappa shape index (κ3) is 6.31. The van der Waals surface area contributed by atoms with Crippen LogP contribution in [0.4, 0.5) is 0 Å². The predicted octanol–water partition coefficient (Wildman–Crippen LogP) is 1.85. The zero-order chi connectivity index (χ0) is 24.7. The van der Waals surface area contributed by atoms with Gasteiger partial charge in [-0.1, -0.05) is 30.3 Å². The second-order valence-corrected chi connectivity index (χ2v) is 7.81. The molecule has 3 atom stereocenters. The van der Waals surface area contributed by atoms with Gasteiger partial charge < -0.3 is 24.3 Å². The highest BCUT2D eigenvalue weighted by molar-refractivity contribution is 5.98. The molecule has 1 aromatic carbocycles. The largest absolute Gasteiger partial charge is 0.493 e. The third-order valence-electron chi connectivity index (χ3n) is 5.12. The number of carbonyl (C=O) groups is 4. The van der Waals surface area contributed by atoms with E-state index in [-0.39, 0.29) is 23.6 Å². The van der Waals surface area contributed by atoms with Gasteiger partial charge in [-0.25, -0.2) is 9.78 Å². The van der Waals surface area contributed by atoms with Crippen molar-refractivity contribution >= 4 is 23.8 Å². The molecule has 1 fully saturated rings. The van der Waals surface area contributed by atoms with Gasteiger partial charge in [0.15, 0.2) is 17.5 Å². The molecule has 0 spiro atoms. The highest BCUT2D eigenvalue weighted by Gasteiger charge is 2.33. The predicted molar refractivity (Wildman–Crippen MR) is 118 cm³/mol. The van der Waals surface area contributed by atoms with E-state index < -0.39 is 48.5 Å². The van der Waals surface area contributed by atoms with Gasteiger partial charge in [0.2, 0.25) is 5.75 Å². The van der Waals surface area contributed by atoms with Gasteiger partial charge in [-0.15, -0.1) is 0 Å². The fourth-order valence-electron chi connectivity index (χ4n) is 3.56. The van der Waals surface area contributed by atoms with Crippen LogP contribution < -0.4 is 14.8 Å². The quantitative estimate of drug-likeness (QED) is 0.629. The first-order valence-electron chi connectivity index (χ1n) is 10.7. The molecule has 180 valence electrons. The first kappa shape index (κ1) is 24.7. The van der Waals surface area contributed by atoms with Crippen molar-refractivity contribution in [3.05, 3.63) is 53.9 Å². The van der Waals surface area contributed by atoms with Gasteiger partial charge in [0.25, 0.3) is 5.91 Å². The Morgan fingerprint density at radius 1 is 1.15 bits per heavy atom. The lowest BCUT2D eigenvalue weighted by molar-refractivity contribution is -0.152. The monoisotopic (exact) mass is 470 g/mol. The van der Waals surface area contributed by atoms with Crippen molar-refractivity contribution in [2.24, 2.45) is 5.92 Å². The maximum Gasteiger partial charge on any atom is 0.332 e. The van der Waals surface area contributed by atoms with Crippen molar-refractivity contribution < 1.29 is 38.1 Å². The highest BCUT2D eigenvalue weighted by atomic mass is 16.6. The number of pyridine rings is 1. The summed E-state index contributed by atoms with van der Waals surface area (Å²) in [5.74, 6) is -3.37. The fraction of sp³-hybridized carbons (Fsp3) is 0.375. The van der Waals surface area contributed by atoms with Gasteiger partial charge in [-0.3, -0.25) is 14.4 Å². The minimum Gasteiger partial charge on any atom is -0.493 e. The van der Waals surface area contributed by atoms with Crippen molar-refractivity contribution in [1.82, 2.24) is 10.3 Å². The summed E-state index contributed by atoms with van der Waals surface area (Å²) in [6.45, 7) is 2.42. The first-order chi connectivity index (χ1) is 16.3. The molecule has 1 saturated heterocycles. The summed E-state index contributed by atoms with van der Waals surface area (Å²) in [5, 5.41) is 2.45. The number of nitrogens with zero attached hydrogens (tertiary/aromatic N) is 1. The van der Waals surface area contributed by atoms with Gasteiger partial charge in [0, 0.05) is 19.2 Å². The van der Waals surface area contributed by atoms with Crippen molar-refractivity contribution in [2.45, 2.75) is 38.8 Å². The Morgan fingerprint density at radius 2 is 1.88 bits per heavy atom. The Balaban J connectivity index is 1.77. The molecule has 0 aliphatic carbocycles. The molecule has 34 heavy (non-hydrogen) atoms. The number of cyclic esters (lactones) is 2. The average Bonchev–Trinajstić information content (AvgIpc) is 2.84. The number of aromatic nitrogens is 1. The summed E-state index contributed by atoms with van der Waals surface area (Å²) in [6, 6.07) is 9.57. The summed E-state index contributed by atoms with van der Waals surface area (Å²) in [4.78, 5) is 53.8. The Kier molecular flexibility index (Phi) is 8.18. The third-order valence-corrected chi connectivity index (χ3v) is 5.12. The standard InChI is InChI=1S/C24H26N2O8/c1-14-11-17(12-16-7-5-4-6-8-16)23(29)32-13-18(24(30)33-14)26-22(28)20-21(34-15(2)27)19(31-3)9-10-25-20/h4-10,14,17-18H,11-13H2,1-3H3,(H,26,28)/t14-,17-,18-/m0/s1. The van der Waals surface area contributed by atoms with Crippen LogP contribution in [0.2, 0.25) is 0 Å². The molecular formula is C24H26N2O8. The van der Waals surface area contributed by atoms with Gasteiger partial charge in [0.1, 0.15) is 6.61 Å². The molecule has 2 aromatic rings. The zero-order valence-corrected chi connectivity index (χ0v) is 19.1. The van der Waals surface area contributed by atoms with Crippen LogP contribution in [0.15, 0.2) is 42.6 Å². The van der Waals surface area contributed by atoms with Crippen LogP contribution in [0.1, 0.15) is 36.3 Å². The number of nitrogens with one attached hydrogen (secondary N) is 1. The van der Waals surface area contributed by atoms with Crippen LogP contribution in [0, 0.1) is 5.92 Å². The molecule has 1 N–H and O–H groups in total. The molecule has 1 aliphatic heterocycles. The molecule has 0 unspecified atom stereocenters. The van der Waals surface area contributed by atoms with Crippen LogP contribution in [-0.2, 0) is 30.3 Å². The van der Waals surface area contributed by atoms with E-state index >= 15 is 0 Å². The Hall–Kier alpha value is -3.95. The number of hydrogen-bond acceptors (Lipinski definition) is 9. The summed E-state index contributed by atoms with van der Waals surface area (Å²) >= 11 is 0. The van der Waals surface area contributed by atoms with Gasteiger partial charge in [-0.2, -0.15) is 0 Å². The van der Waals surface area contributed by atoms with Crippen LogP contribution in [0.25, 0.3) is 0 Å². The molecule has 10 nitrogen and oxygen atoms in total. The maximum absolute atomic E-state index is 12.9. The fourth-order valence-corrected chi connectivity index (χ4v) is 3.56. The summed E-state index contributed by atoms with van der Waals surface area (Å²) in [6.07, 6.45) is 1.41. The smallest absolute Gasteiger partial charge is 0.332 e. The molecule has 10 heteroatoms. The zero-order valence-electron chi connectivity index (χ0n) is 19.1. The van der Waals surface area contributed by atoms with Crippen LogP contribution in [0.5, 0.6) is 11.5 Å². The Morgan fingerprint density at radius 3 is 2.56 bits per heavy atom. The summed E-state index contributed by atoms with van der Waals surface area (Å²) in [7, 11) is 1.34. The molecular weight excluding hydrogens is 444 g/mol. The van der Waals surface area contributed by atoms with E-state index in [2.05, 4.69) is 10.3 Å². The van der Waals surface area contributed by atoms with E-state index in [0.29, 0.717) is 6.42 Å². The van der Waals surface area contributed by atoms with E-state index in [9.17, 15) is 19.2 Å². The lowest BCUT2D eigenvalue weighted by Crippen LogP contribution is -2.46. The highest BCUT2D eigenvalue weighted by Crippen LogP contribution is 2.29. The lowest BCUT2D eigenvalue weighted by Gasteiger charge is -2.19. The van der Waals surface area contributed by atoms with Crippen molar-refractivity contribution in [3.8, 4) is 11.5 Å². The van der Waals surface area contributed by atoms with Crippen molar-refractivity contribution in [2.75, 3.05) is 13.7 Å². The van der Waals surface area contributed by atoms with E-state index in [0.717, 1.165) is 12.5 Å². The number of hydrogen-bond donors (Lipinski definition) is 1. The van der Waals surface area contributed by atoms with Crippen molar-refractivity contribution in [3.63, 3.8) is 0 Å². The van der Waals surface area contributed by atoms with Gasteiger partial charge in [-0.05, 0) is 25.3 Å². The van der Waals surface area contributed by atoms with E-state index in [1.54, 1.807) is 6.92 Å². The normalized spacial score (nSPS) is 20.6. The molecule has 1 aromatic heterocycles. The Bertz CT molecular complexity index is 1060.